The molecule has 1 atom stereocenters. The second kappa shape index (κ2) is 4.79. The Labute approximate surface area is 104 Å². The van der Waals surface area contributed by atoms with Crippen molar-refractivity contribution < 1.29 is 9.84 Å². The third kappa shape index (κ3) is 2.53. The van der Waals surface area contributed by atoms with Crippen molar-refractivity contribution in [2.45, 2.75) is 51.2 Å². The zero-order chi connectivity index (χ0) is 12.5. The van der Waals surface area contributed by atoms with Gasteiger partial charge >= 0.3 is 0 Å². The third-order valence-corrected chi connectivity index (χ3v) is 3.92. The van der Waals surface area contributed by atoms with Gasteiger partial charge in [0.15, 0.2) is 0 Å². The number of rotatable bonds is 4. The molecule has 1 unspecified atom stereocenters. The Morgan fingerprint density at radius 1 is 1.24 bits per heavy atom. The summed E-state index contributed by atoms with van der Waals surface area (Å²) in [5.41, 5.74) is 3.44. The second-order valence-corrected chi connectivity index (χ2v) is 5.34. The molecule has 0 radical (unpaired) electrons. The maximum Gasteiger partial charge on any atom is 0.0939 e. The predicted octanol–water partition coefficient (Wildman–Crippen LogP) is 2.78. The fourth-order valence-corrected chi connectivity index (χ4v) is 2.79. The number of aliphatic hydroxyl groups excluding tert-OH is 1. The predicted molar refractivity (Wildman–Crippen MR) is 69.2 cm³/mol. The molecule has 2 rings (SSSR count). The molecular weight excluding hydrogens is 212 g/mol. The van der Waals surface area contributed by atoms with Crippen LogP contribution in [-0.2, 0) is 11.2 Å². The molecule has 0 saturated heterocycles. The zero-order valence-corrected chi connectivity index (χ0v) is 11.0. The van der Waals surface area contributed by atoms with Crippen molar-refractivity contribution in [1.82, 2.24) is 0 Å². The normalized spacial score (nSPS) is 19.8. The van der Waals surface area contributed by atoms with Crippen LogP contribution in [0.3, 0.4) is 0 Å². The van der Waals surface area contributed by atoms with Crippen LogP contribution in [0.5, 0.6) is 0 Å². The Morgan fingerprint density at radius 3 is 2.24 bits per heavy atom. The molecular formula is C15H22O2. The molecule has 0 bridgehead atoms. The van der Waals surface area contributed by atoms with Crippen LogP contribution in [0.1, 0.15) is 36.0 Å². The summed E-state index contributed by atoms with van der Waals surface area (Å²) in [4.78, 5) is 0. The van der Waals surface area contributed by atoms with Crippen LogP contribution in [0.2, 0.25) is 0 Å². The maximum atomic E-state index is 10.3. The van der Waals surface area contributed by atoms with Gasteiger partial charge in [0.25, 0.3) is 0 Å². The van der Waals surface area contributed by atoms with Crippen molar-refractivity contribution in [3.05, 3.63) is 34.9 Å². The molecule has 1 N–H and O–H groups in total. The van der Waals surface area contributed by atoms with E-state index in [9.17, 15) is 5.11 Å². The van der Waals surface area contributed by atoms with Gasteiger partial charge in [-0.1, -0.05) is 29.3 Å². The molecule has 2 heteroatoms. The number of aliphatic hydroxyl groups is 1. The Morgan fingerprint density at radius 2 is 1.82 bits per heavy atom. The van der Waals surface area contributed by atoms with Crippen LogP contribution in [0.4, 0.5) is 0 Å². The van der Waals surface area contributed by atoms with E-state index in [0.717, 1.165) is 19.3 Å². The summed E-state index contributed by atoms with van der Waals surface area (Å²) in [5, 5.41) is 10.3. The van der Waals surface area contributed by atoms with Gasteiger partial charge in [0.2, 0.25) is 0 Å². The minimum atomic E-state index is -0.387. The van der Waals surface area contributed by atoms with Gasteiger partial charge < -0.3 is 9.84 Å². The highest BCUT2D eigenvalue weighted by atomic mass is 16.5. The van der Waals surface area contributed by atoms with E-state index < -0.39 is 0 Å². The Balaban J connectivity index is 2.09. The van der Waals surface area contributed by atoms with Crippen LogP contribution in [0.15, 0.2) is 18.2 Å². The Kier molecular flexibility index (Phi) is 3.55. The third-order valence-electron chi connectivity index (χ3n) is 3.92. The largest absolute Gasteiger partial charge is 0.390 e. The molecule has 1 aromatic rings. The van der Waals surface area contributed by atoms with Gasteiger partial charge in [-0.25, -0.2) is 0 Å². The zero-order valence-electron chi connectivity index (χ0n) is 11.0. The first-order valence-corrected chi connectivity index (χ1v) is 6.36. The molecule has 17 heavy (non-hydrogen) atoms. The van der Waals surface area contributed by atoms with Gasteiger partial charge in [-0.05, 0) is 38.7 Å². The van der Waals surface area contributed by atoms with Crippen LogP contribution < -0.4 is 0 Å². The first kappa shape index (κ1) is 12.6. The summed E-state index contributed by atoms with van der Waals surface area (Å²) in [5.74, 6) is 0. The van der Waals surface area contributed by atoms with Crippen molar-refractivity contribution in [2.24, 2.45) is 0 Å². The van der Waals surface area contributed by atoms with E-state index in [1.54, 1.807) is 7.11 Å². The molecule has 0 amide bonds. The number of benzene rings is 1. The number of ether oxygens (including phenoxy) is 1. The van der Waals surface area contributed by atoms with E-state index in [1.807, 2.05) is 0 Å². The second-order valence-electron chi connectivity index (χ2n) is 5.34. The van der Waals surface area contributed by atoms with Gasteiger partial charge in [-0.15, -0.1) is 0 Å². The lowest BCUT2D eigenvalue weighted by Gasteiger charge is -2.44. The van der Waals surface area contributed by atoms with Crippen LogP contribution in [-0.4, -0.2) is 23.9 Å². The summed E-state index contributed by atoms with van der Waals surface area (Å²) < 4.78 is 5.52. The molecule has 2 nitrogen and oxygen atoms in total. The lowest BCUT2D eigenvalue weighted by atomic mass is 9.74. The molecule has 0 heterocycles. The van der Waals surface area contributed by atoms with Crippen molar-refractivity contribution in [3.63, 3.8) is 0 Å². The Bertz CT molecular complexity index is 368. The summed E-state index contributed by atoms with van der Waals surface area (Å²) in [6.07, 6.45) is 3.43. The average Bonchev–Trinajstić information content (AvgIpc) is 2.14. The van der Waals surface area contributed by atoms with Crippen LogP contribution in [0, 0.1) is 13.8 Å². The molecule has 1 aliphatic rings. The molecule has 0 aromatic heterocycles. The molecule has 0 spiro atoms. The van der Waals surface area contributed by atoms with Gasteiger partial charge in [0.05, 0.1) is 11.7 Å². The van der Waals surface area contributed by atoms with Gasteiger partial charge in [-0.2, -0.15) is 0 Å². The first-order valence-electron chi connectivity index (χ1n) is 6.36. The minimum absolute atomic E-state index is 0.280. The summed E-state index contributed by atoms with van der Waals surface area (Å²) >= 11 is 0. The topological polar surface area (TPSA) is 29.5 Å². The summed E-state index contributed by atoms with van der Waals surface area (Å²) in [6.45, 7) is 4.19. The quantitative estimate of drug-likeness (QED) is 0.868. The van der Waals surface area contributed by atoms with Crippen molar-refractivity contribution in [3.8, 4) is 0 Å². The highest BCUT2D eigenvalue weighted by molar-refractivity contribution is 5.29. The molecule has 0 aliphatic heterocycles. The monoisotopic (exact) mass is 234 g/mol. The van der Waals surface area contributed by atoms with Gasteiger partial charge in [-0.3, -0.25) is 0 Å². The molecule has 1 aliphatic carbocycles. The minimum Gasteiger partial charge on any atom is -0.390 e. The standard InChI is InChI=1S/C15H22O2/c1-11-7-12(2)9-13(8-11)10-14(16)15(17-3)5-4-6-15/h7-9,14,16H,4-6,10H2,1-3H3. The summed E-state index contributed by atoms with van der Waals surface area (Å²) in [7, 11) is 1.71. The van der Waals surface area contributed by atoms with Crippen LogP contribution >= 0.6 is 0 Å². The van der Waals surface area contributed by atoms with Crippen molar-refractivity contribution in [2.75, 3.05) is 7.11 Å². The number of hydrogen-bond donors (Lipinski definition) is 1. The lowest BCUT2D eigenvalue weighted by molar-refractivity contribution is -0.148. The first-order chi connectivity index (χ1) is 8.05. The number of hydrogen-bond acceptors (Lipinski definition) is 2. The van der Waals surface area contributed by atoms with E-state index in [2.05, 4.69) is 32.0 Å². The van der Waals surface area contributed by atoms with Crippen molar-refractivity contribution in [1.29, 1.82) is 0 Å². The number of methoxy groups -OCH3 is 1. The smallest absolute Gasteiger partial charge is 0.0939 e. The maximum absolute atomic E-state index is 10.3. The van der Waals surface area contributed by atoms with E-state index in [1.165, 1.54) is 16.7 Å². The van der Waals surface area contributed by atoms with E-state index in [4.69, 9.17) is 4.74 Å². The highest BCUT2D eigenvalue weighted by Crippen LogP contribution is 2.39. The molecule has 1 aromatic carbocycles. The lowest BCUT2D eigenvalue weighted by Crippen LogP contribution is -2.50. The fourth-order valence-electron chi connectivity index (χ4n) is 2.79. The highest BCUT2D eigenvalue weighted by Gasteiger charge is 2.43. The average molecular weight is 234 g/mol. The molecule has 94 valence electrons. The van der Waals surface area contributed by atoms with E-state index in [-0.39, 0.29) is 11.7 Å². The van der Waals surface area contributed by atoms with Gasteiger partial charge in [0, 0.05) is 13.5 Å². The molecule has 1 fully saturated rings. The fraction of sp³-hybridized carbons (Fsp3) is 0.600. The SMILES string of the molecule is COC1(C(O)Cc2cc(C)cc(C)c2)CCC1. The summed E-state index contributed by atoms with van der Waals surface area (Å²) in [6, 6.07) is 6.46. The van der Waals surface area contributed by atoms with Gasteiger partial charge in [0.1, 0.15) is 0 Å². The van der Waals surface area contributed by atoms with E-state index >= 15 is 0 Å². The molecule has 1 saturated carbocycles. The Hall–Kier alpha value is -0.860. The van der Waals surface area contributed by atoms with Crippen LogP contribution in [0.25, 0.3) is 0 Å². The van der Waals surface area contributed by atoms with E-state index in [0.29, 0.717) is 6.42 Å². The number of aryl methyl sites for hydroxylation is 2. The van der Waals surface area contributed by atoms with Crippen molar-refractivity contribution >= 4 is 0 Å².